The molecule has 0 aliphatic heterocycles. The van der Waals surface area contributed by atoms with Gasteiger partial charge in [0, 0.05) is 11.9 Å². The van der Waals surface area contributed by atoms with Crippen molar-refractivity contribution >= 4 is 11.6 Å². The van der Waals surface area contributed by atoms with Crippen molar-refractivity contribution in [1.82, 2.24) is 9.55 Å². The van der Waals surface area contributed by atoms with Crippen LogP contribution in [-0.2, 0) is 0 Å². The SMILES string of the molecule is Cc1cccc(C)c1NC(=O)c1c[nH]c(=O)n(-c2ccccc2)c1=O. The molecule has 2 aromatic carbocycles. The van der Waals surface area contributed by atoms with Crippen LogP contribution in [0, 0.1) is 13.8 Å². The van der Waals surface area contributed by atoms with Crippen molar-refractivity contribution in [2.75, 3.05) is 5.32 Å². The zero-order chi connectivity index (χ0) is 18.0. The van der Waals surface area contributed by atoms with Crippen LogP contribution in [0.15, 0.2) is 64.3 Å². The summed E-state index contributed by atoms with van der Waals surface area (Å²) in [6.45, 7) is 3.75. The number of benzene rings is 2. The largest absolute Gasteiger partial charge is 0.333 e. The summed E-state index contributed by atoms with van der Waals surface area (Å²) in [6, 6.07) is 14.1. The highest BCUT2D eigenvalue weighted by molar-refractivity contribution is 6.04. The van der Waals surface area contributed by atoms with Gasteiger partial charge < -0.3 is 10.3 Å². The molecular formula is C19H17N3O3. The fraction of sp³-hybridized carbons (Fsp3) is 0.105. The number of H-pyrrole nitrogens is 1. The van der Waals surface area contributed by atoms with E-state index in [2.05, 4.69) is 10.3 Å². The fourth-order valence-electron chi connectivity index (χ4n) is 2.64. The topological polar surface area (TPSA) is 84.0 Å². The molecule has 0 spiro atoms. The van der Waals surface area contributed by atoms with Gasteiger partial charge in [0.2, 0.25) is 0 Å². The molecule has 3 rings (SSSR count). The summed E-state index contributed by atoms with van der Waals surface area (Å²) in [5, 5.41) is 2.76. The van der Waals surface area contributed by atoms with E-state index < -0.39 is 17.2 Å². The molecule has 0 radical (unpaired) electrons. The van der Waals surface area contributed by atoms with Gasteiger partial charge >= 0.3 is 5.69 Å². The first-order valence-electron chi connectivity index (χ1n) is 7.77. The number of hydrogen-bond acceptors (Lipinski definition) is 3. The van der Waals surface area contributed by atoms with Crippen molar-refractivity contribution in [3.05, 3.63) is 92.3 Å². The van der Waals surface area contributed by atoms with Crippen molar-refractivity contribution in [3.63, 3.8) is 0 Å². The highest BCUT2D eigenvalue weighted by atomic mass is 16.2. The number of para-hydroxylation sites is 2. The lowest BCUT2D eigenvalue weighted by molar-refractivity contribution is 0.102. The second-order valence-corrected chi connectivity index (χ2v) is 5.70. The fourth-order valence-corrected chi connectivity index (χ4v) is 2.64. The third kappa shape index (κ3) is 3.14. The molecule has 0 saturated carbocycles. The Kier molecular flexibility index (Phi) is 4.35. The lowest BCUT2D eigenvalue weighted by Gasteiger charge is -2.12. The molecule has 6 heteroatoms. The van der Waals surface area contributed by atoms with Gasteiger partial charge in [-0.05, 0) is 37.1 Å². The molecule has 3 aromatic rings. The Bertz CT molecular complexity index is 1030. The highest BCUT2D eigenvalue weighted by Crippen LogP contribution is 2.19. The van der Waals surface area contributed by atoms with Crippen LogP contribution in [0.1, 0.15) is 21.5 Å². The molecule has 2 N–H and O–H groups in total. The van der Waals surface area contributed by atoms with Gasteiger partial charge in [-0.3, -0.25) is 9.59 Å². The summed E-state index contributed by atoms with van der Waals surface area (Å²) < 4.78 is 0.944. The van der Waals surface area contributed by atoms with Crippen molar-refractivity contribution < 1.29 is 4.79 Å². The summed E-state index contributed by atoms with van der Waals surface area (Å²) in [5.41, 5.74) is 1.44. The molecular weight excluding hydrogens is 318 g/mol. The predicted octanol–water partition coefficient (Wildman–Crippen LogP) is 2.39. The number of aromatic nitrogens is 2. The van der Waals surface area contributed by atoms with E-state index in [1.807, 2.05) is 32.0 Å². The molecule has 0 aliphatic rings. The predicted molar refractivity (Wildman–Crippen MR) is 96.5 cm³/mol. The van der Waals surface area contributed by atoms with Gasteiger partial charge in [-0.1, -0.05) is 36.4 Å². The smallest absolute Gasteiger partial charge is 0.321 e. The number of nitrogens with zero attached hydrogens (tertiary/aromatic N) is 1. The molecule has 126 valence electrons. The van der Waals surface area contributed by atoms with Crippen LogP contribution in [0.4, 0.5) is 5.69 Å². The summed E-state index contributed by atoms with van der Waals surface area (Å²) in [4.78, 5) is 39.8. The zero-order valence-electron chi connectivity index (χ0n) is 13.9. The van der Waals surface area contributed by atoms with E-state index in [1.54, 1.807) is 30.3 Å². The van der Waals surface area contributed by atoms with E-state index in [9.17, 15) is 14.4 Å². The number of nitrogens with one attached hydrogen (secondary N) is 2. The lowest BCUT2D eigenvalue weighted by Crippen LogP contribution is -2.38. The quantitative estimate of drug-likeness (QED) is 0.771. The summed E-state index contributed by atoms with van der Waals surface area (Å²) in [6.07, 6.45) is 1.15. The van der Waals surface area contributed by atoms with Gasteiger partial charge in [-0.25, -0.2) is 9.36 Å². The summed E-state index contributed by atoms with van der Waals surface area (Å²) in [5.74, 6) is -0.566. The first-order chi connectivity index (χ1) is 12.0. The van der Waals surface area contributed by atoms with E-state index in [0.717, 1.165) is 21.9 Å². The molecule has 1 aromatic heterocycles. The lowest BCUT2D eigenvalue weighted by atomic mass is 10.1. The van der Waals surface area contributed by atoms with Crippen molar-refractivity contribution in [2.45, 2.75) is 13.8 Å². The summed E-state index contributed by atoms with van der Waals surface area (Å²) in [7, 11) is 0. The van der Waals surface area contributed by atoms with E-state index in [4.69, 9.17) is 0 Å². The minimum atomic E-state index is -0.668. The van der Waals surface area contributed by atoms with Gasteiger partial charge in [-0.2, -0.15) is 0 Å². The minimum absolute atomic E-state index is 0.133. The first-order valence-corrected chi connectivity index (χ1v) is 7.77. The van der Waals surface area contributed by atoms with Crippen LogP contribution in [0.5, 0.6) is 0 Å². The Labute approximate surface area is 143 Å². The number of rotatable bonds is 3. The van der Waals surface area contributed by atoms with E-state index >= 15 is 0 Å². The van der Waals surface area contributed by atoms with E-state index in [1.165, 1.54) is 0 Å². The van der Waals surface area contributed by atoms with Crippen LogP contribution >= 0.6 is 0 Å². The Hall–Kier alpha value is -3.41. The number of aromatic amines is 1. The highest BCUT2D eigenvalue weighted by Gasteiger charge is 2.17. The van der Waals surface area contributed by atoms with Crippen LogP contribution in [-0.4, -0.2) is 15.5 Å². The van der Waals surface area contributed by atoms with Gasteiger partial charge in [0.1, 0.15) is 5.56 Å². The number of anilines is 1. The van der Waals surface area contributed by atoms with Crippen LogP contribution in [0.25, 0.3) is 5.69 Å². The second kappa shape index (κ2) is 6.60. The monoisotopic (exact) mass is 335 g/mol. The molecule has 0 atom stereocenters. The first kappa shape index (κ1) is 16.4. The third-order valence-corrected chi connectivity index (χ3v) is 3.96. The van der Waals surface area contributed by atoms with Gasteiger partial charge in [0.25, 0.3) is 11.5 Å². The zero-order valence-corrected chi connectivity index (χ0v) is 13.9. The third-order valence-electron chi connectivity index (χ3n) is 3.96. The summed E-state index contributed by atoms with van der Waals surface area (Å²) >= 11 is 0. The number of carbonyl (C=O) groups excluding carboxylic acids is 1. The second-order valence-electron chi connectivity index (χ2n) is 5.70. The van der Waals surface area contributed by atoms with Gasteiger partial charge in [0.15, 0.2) is 0 Å². The maximum Gasteiger partial charge on any atom is 0.333 e. The van der Waals surface area contributed by atoms with Gasteiger partial charge in [-0.15, -0.1) is 0 Å². The molecule has 0 bridgehead atoms. The van der Waals surface area contributed by atoms with Crippen LogP contribution in [0.2, 0.25) is 0 Å². The van der Waals surface area contributed by atoms with Crippen LogP contribution < -0.4 is 16.6 Å². The molecule has 0 fully saturated rings. The number of amides is 1. The Balaban J connectivity index is 2.06. The number of hydrogen-bond donors (Lipinski definition) is 2. The maximum absolute atomic E-state index is 12.7. The molecule has 1 amide bonds. The van der Waals surface area contributed by atoms with Crippen molar-refractivity contribution in [1.29, 1.82) is 0 Å². The maximum atomic E-state index is 12.7. The molecule has 1 heterocycles. The molecule has 6 nitrogen and oxygen atoms in total. The number of aryl methyl sites for hydroxylation is 2. The van der Waals surface area contributed by atoms with E-state index in [0.29, 0.717) is 11.4 Å². The minimum Gasteiger partial charge on any atom is -0.321 e. The molecule has 0 unspecified atom stereocenters. The Morgan fingerprint density at radius 1 is 0.960 bits per heavy atom. The van der Waals surface area contributed by atoms with Gasteiger partial charge in [0.05, 0.1) is 5.69 Å². The Morgan fingerprint density at radius 3 is 2.24 bits per heavy atom. The molecule has 25 heavy (non-hydrogen) atoms. The number of carbonyl (C=O) groups is 1. The van der Waals surface area contributed by atoms with Crippen molar-refractivity contribution in [3.8, 4) is 5.69 Å². The molecule has 0 saturated heterocycles. The molecule has 0 aliphatic carbocycles. The average Bonchev–Trinajstić information content (AvgIpc) is 2.59. The standard InChI is InChI=1S/C19H17N3O3/c1-12-7-6-8-13(2)16(12)21-17(23)15-11-20-19(25)22(18(15)24)14-9-4-3-5-10-14/h3-11H,1-2H3,(H,20,25)(H,21,23). The van der Waals surface area contributed by atoms with Crippen molar-refractivity contribution in [2.24, 2.45) is 0 Å². The Morgan fingerprint density at radius 2 is 1.60 bits per heavy atom. The van der Waals surface area contributed by atoms with E-state index in [-0.39, 0.29) is 5.56 Å². The average molecular weight is 335 g/mol. The van der Waals surface area contributed by atoms with Crippen LogP contribution in [0.3, 0.4) is 0 Å². The normalized spacial score (nSPS) is 10.5.